The summed E-state index contributed by atoms with van der Waals surface area (Å²) in [5, 5.41) is 13.3. The van der Waals surface area contributed by atoms with Crippen molar-refractivity contribution in [2.24, 2.45) is 5.92 Å². The molecule has 2 saturated carbocycles. The van der Waals surface area contributed by atoms with Gasteiger partial charge >= 0.3 is 6.36 Å². The lowest BCUT2D eigenvalue weighted by atomic mass is 9.89. The van der Waals surface area contributed by atoms with Gasteiger partial charge in [-0.1, -0.05) is 44.2 Å². The van der Waals surface area contributed by atoms with Crippen LogP contribution in [0.15, 0.2) is 30.3 Å². The fourth-order valence-electron chi connectivity index (χ4n) is 5.38. The summed E-state index contributed by atoms with van der Waals surface area (Å²) in [5.41, 5.74) is 1.98. The Balaban J connectivity index is 1.71. The number of benzene rings is 1. The zero-order valence-electron chi connectivity index (χ0n) is 19.5. The van der Waals surface area contributed by atoms with Gasteiger partial charge in [0.15, 0.2) is 0 Å². The predicted octanol–water partition coefficient (Wildman–Crippen LogP) is 5.98. The van der Waals surface area contributed by atoms with Crippen LogP contribution in [0.4, 0.5) is 13.2 Å². The molecule has 0 spiro atoms. The molecule has 4 rings (SSSR count). The Bertz CT molecular complexity index is 996. The number of ether oxygens (including phenoxy) is 1. The van der Waals surface area contributed by atoms with E-state index in [-0.39, 0.29) is 17.7 Å². The van der Waals surface area contributed by atoms with Crippen LogP contribution in [0.5, 0.6) is 5.75 Å². The Labute approximate surface area is 198 Å². The third-order valence-corrected chi connectivity index (χ3v) is 7.21. The number of amides is 1. The fourth-order valence-corrected chi connectivity index (χ4v) is 5.38. The molecule has 0 saturated heterocycles. The average molecular weight is 479 g/mol. The number of carbonyl (C=O) groups is 1. The summed E-state index contributed by atoms with van der Waals surface area (Å²) in [5.74, 6) is -0.182. The van der Waals surface area contributed by atoms with Crippen LogP contribution < -0.4 is 10.1 Å². The van der Waals surface area contributed by atoms with E-state index in [1.807, 2.05) is 11.5 Å². The largest absolute Gasteiger partial charge is 0.573 e. The highest BCUT2D eigenvalue weighted by Gasteiger charge is 2.33. The van der Waals surface area contributed by atoms with Gasteiger partial charge < -0.3 is 19.7 Å². The Hall–Kier alpha value is -2.48. The molecule has 1 aromatic heterocycles. The summed E-state index contributed by atoms with van der Waals surface area (Å²) in [6.45, 7) is 2.48. The molecule has 1 aromatic carbocycles. The molecule has 186 valence electrons. The monoisotopic (exact) mass is 478 g/mol. The third kappa shape index (κ3) is 5.77. The SMILES string of the molecule is Cc1c(C(=O)NC2CCCCC2O)cc(-c2ccccc2OC(F)(F)F)n1CC1CCCCC1. The highest BCUT2D eigenvalue weighted by Crippen LogP contribution is 2.37. The van der Waals surface area contributed by atoms with Crippen molar-refractivity contribution in [3.05, 3.63) is 41.6 Å². The number of carbonyl (C=O) groups excluding carboxylic acids is 1. The summed E-state index contributed by atoms with van der Waals surface area (Å²) in [4.78, 5) is 13.2. The molecule has 2 atom stereocenters. The smallest absolute Gasteiger partial charge is 0.405 e. The van der Waals surface area contributed by atoms with Crippen LogP contribution in [-0.4, -0.2) is 34.1 Å². The average Bonchev–Trinajstić information content (AvgIpc) is 3.11. The molecular weight excluding hydrogens is 445 g/mol. The van der Waals surface area contributed by atoms with E-state index in [0.717, 1.165) is 38.5 Å². The standard InChI is InChI=1S/C26H33F3N2O3/c1-17-20(25(33)30-21-12-6-7-13-23(21)32)15-22(31(17)16-18-9-3-2-4-10-18)19-11-5-8-14-24(19)34-26(27,28)29/h5,8,11,14-15,18,21,23,32H,2-4,6-7,9-10,12-13,16H2,1H3,(H,30,33). The number of hydrogen-bond donors (Lipinski definition) is 2. The van der Waals surface area contributed by atoms with Crippen LogP contribution >= 0.6 is 0 Å². The zero-order valence-corrected chi connectivity index (χ0v) is 19.5. The van der Waals surface area contributed by atoms with Crippen LogP contribution in [0.1, 0.15) is 73.8 Å². The number of alkyl halides is 3. The predicted molar refractivity (Wildman–Crippen MR) is 124 cm³/mol. The highest BCUT2D eigenvalue weighted by atomic mass is 19.4. The van der Waals surface area contributed by atoms with Crippen molar-refractivity contribution in [1.82, 2.24) is 9.88 Å². The van der Waals surface area contributed by atoms with Crippen LogP contribution in [0.25, 0.3) is 11.3 Å². The number of aliphatic hydroxyl groups excluding tert-OH is 1. The lowest BCUT2D eigenvalue weighted by Crippen LogP contribution is -2.45. The fraction of sp³-hybridized carbons (Fsp3) is 0.577. The van der Waals surface area contributed by atoms with Crippen LogP contribution in [0, 0.1) is 12.8 Å². The Morgan fingerprint density at radius 2 is 1.76 bits per heavy atom. The molecule has 2 unspecified atom stereocenters. The van der Waals surface area contributed by atoms with Crippen molar-refractivity contribution >= 4 is 5.91 Å². The summed E-state index contributed by atoms with van der Waals surface area (Å²) in [7, 11) is 0. The number of hydrogen-bond acceptors (Lipinski definition) is 3. The van der Waals surface area contributed by atoms with E-state index in [2.05, 4.69) is 10.1 Å². The topological polar surface area (TPSA) is 63.5 Å². The summed E-state index contributed by atoms with van der Waals surface area (Å²) in [6.07, 6.45) is 3.45. The Morgan fingerprint density at radius 3 is 2.47 bits per heavy atom. The first kappa shape index (κ1) is 24.6. The number of aromatic nitrogens is 1. The number of para-hydroxylation sites is 1. The normalized spacial score (nSPS) is 21.9. The molecule has 8 heteroatoms. The zero-order chi connectivity index (χ0) is 24.3. The maximum absolute atomic E-state index is 13.2. The Kier molecular flexibility index (Phi) is 7.55. The molecule has 0 radical (unpaired) electrons. The first-order chi connectivity index (χ1) is 16.2. The number of aliphatic hydroxyl groups is 1. The molecule has 2 aliphatic carbocycles. The number of nitrogens with one attached hydrogen (secondary N) is 1. The van der Waals surface area contributed by atoms with E-state index in [4.69, 9.17) is 0 Å². The lowest BCUT2D eigenvalue weighted by Gasteiger charge is -2.28. The van der Waals surface area contributed by atoms with Gasteiger partial charge in [-0.15, -0.1) is 13.2 Å². The molecule has 2 aromatic rings. The minimum absolute atomic E-state index is 0.285. The van der Waals surface area contributed by atoms with E-state index in [0.29, 0.717) is 47.8 Å². The van der Waals surface area contributed by atoms with Crippen molar-refractivity contribution in [3.8, 4) is 17.0 Å². The first-order valence-corrected chi connectivity index (χ1v) is 12.3. The van der Waals surface area contributed by atoms with Gasteiger partial charge in [0.25, 0.3) is 5.91 Å². The van der Waals surface area contributed by atoms with E-state index < -0.39 is 12.5 Å². The van der Waals surface area contributed by atoms with Crippen LogP contribution in [0.3, 0.4) is 0 Å². The van der Waals surface area contributed by atoms with E-state index in [9.17, 15) is 23.1 Å². The summed E-state index contributed by atoms with van der Waals surface area (Å²) < 4.78 is 45.6. The van der Waals surface area contributed by atoms with Crippen molar-refractivity contribution in [2.75, 3.05) is 0 Å². The molecule has 2 fully saturated rings. The minimum atomic E-state index is -4.82. The molecule has 2 aliphatic rings. The Morgan fingerprint density at radius 1 is 1.09 bits per heavy atom. The van der Waals surface area contributed by atoms with Crippen molar-refractivity contribution < 1.29 is 27.8 Å². The maximum Gasteiger partial charge on any atom is 0.573 e. The van der Waals surface area contributed by atoms with Gasteiger partial charge in [-0.2, -0.15) is 0 Å². The molecule has 0 aliphatic heterocycles. The van der Waals surface area contributed by atoms with Crippen LogP contribution in [-0.2, 0) is 6.54 Å². The molecule has 1 heterocycles. The van der Waals surface area contributed by atoms with Gasteiger partial charge in [0.05, 0.1) is 23.4 Å². The summed E-state index contributed by atoms with van der Waals surface area (Å²) in [6, 6.07) is 7.43. The van der Waals surface area contributed by atoms with Gasteiger partial charge in [-0.3, -0.25) is 4.79 Å². The first-order valence-electron chi connectivity index (χ1n) is 12.3. The van der Waals surface area contributed by atoms with Crippen molar-refractivity contribution in [3.63, 3.8) is 0 Å². The molecule has 1 amide bonds. The van der Waals surface area contributed by atoms with Gasteiger partial charge in [0.1, 0.15) is 5.75 Å². The third-order valence-electron chi connectivity index (χ3n) is 7.21. The van der Waals surface area contributed by atoms with E-state index in [1.165, 1.54) is 18.6 Å². The maximum atomic E-state index is 13.2. The molecule has 2 N–H and O–H groups in total. The van der Waals surface area contributed by atoms with Crippen molar-refractivity contribution in [2.45, 2.75) is 89.8 Å². The number of nitrogens with zero attached hydrogens (tertiary/aromatic N) is 1. The number of rotatable bonds is 6. The van der Waals surface area contributed by atoms with E-state index >= 15 is 0 Å². The lowest BCUT2D eigenvalue weighted by molar-refractivity contribution is -0.274. The van der Waals surface area contributed by atoms with Crippen LogP contribution in [0.2, 0.25) is 0 Å². The minimum Gasteiger partial charge on any atom is -0.405 e. The summed E-state index contributed by atoms with van der Waals surface area (Å²) >= 11 is 0. The van der Waals surface area contributed by atoms with Gasteiger partial charge in [0.2, 0.25) is 0 Å². The number of halogens is 3. The highest BCUT2D eigenvalue weighted by molar-refractivity contribution is 5.97. The second-order valence-corrected chi connectivity index (χ2v) is 9.62. The van der Waals surface area contributed by atoms with Crippen molar-refractivity contribution in [1.29, 1.82) is 0 Å². The molecule has 34 heavy (non-hydrogen) atoms. The quantitative estimate of drug-likeness (QED) is 0.537. The molecular formula is C26H33F3N2O3. The van der Waals surface area contributed by atoms with E-state index in [1.54, 1.807) is 18.2 Å². The second-order valence-electron chi connectivity index (χ2n) is 9.62. The molecule has 0 bridgehead atoms. The second kappa shape index (κ2) is 10.4. The van der Waals surface area contributed by atoms with Gasteiger partial charge in [-0.05, 0) is 56.7 Å². The van der Waals surface area contributed by atoms with Gasteiger partial charge in [0, 0.05) is 17.8 Å². The van der Waals surface area contributed by atoms with Gasteiger partial charge in [-0.25, -0.2) is 0 Å². The molecule has 5 nitrogen and oxygen atoms in total.